The third kappa shape index (κ3) is 1.88. The smallest absolute Gasteiger partial charge is 0.0738 e. The Morgan fingerprint density at radius 1 is 1.38 bits per heavy atom. The van der Waals surface area contributed by atoms with Gasteiger partial charge in [-0.1, -0.05) is 0 Å². The van der Waals surface area contributed by atoms with E-state index in [0.717, 1.165) is 24.5 Å². The highest BCUT2D eigenvalue weighted by molar-refractivity contribution is 7.99. The second-order valence-electron chi connectivity index (χ2n) is 3.03. The Kier molecular flexibility index (Phi) is 2.59. The predicted molar refractivity (Wildman–Crippen MR) is 58.2 cm³/mol. The van der Waals surface area contributed by atoms with Crippen molar-refractivity contribution in [3.8, 4) is 0 Å². The van der Waals surface area contributed by atoms with Crippen molar-refractivity contribution in [2.75, 3.05) is 35.2 Å². The number of pyridine rings is 1. The van der Waals surface area contributed by atoms with Gasteiger partial charge in [-0.3, -0.25) is 4.98 Å². The highest BCUT2D eigenvalue weighted by atomic mass is 32.2. The molecule has 1 aromatic rings. The lowest BCUT2D eigenvalue weighted by Crippen LogP contribution is -2.32. The van der Waals surface area contributed by atoms with Crippen molar-refractivity contribution < 1.29 is 0 Å². The van der Waals surface area contributed by atoms with Crippen LogP contribution in [0.4, 0.5) is 11.4 Å². The highest BCUT2D eigenvalue weighted by Gasteiger charge is 2.12. The van der Waals surface area contributed by atoms with Gasteiger partial charge in [-0.05, 0) is 6.07 Å². The van der Waals surface area contributed by atoms with Crippen molar-refractivity contribution in [2.45, 2.75) is 0 Å². The minimum atomic E-state index is 0.786. The molecule has 70 valence electrons. The zero-order valence-electron chi connectivity index (χ0n) is 7.44. The molecule has 0 saturated carbocycles. The van der Waals surface area contributed by atoms with Gasteiger partial charge in [0.25, 0.3) is 0 Å². The Morgan fingerprint density at radius 2 is 2.15 bits per heavy atom. The maximum Gasteiger partial charge on any atom is 0.0738 e. The molecule has 0 aliphatic carbocycles. The fourth-order valence-electron chi connectivity index (χ4n) is 1.49. The summed E-state index contributed by atoms with van der Waals surface area (Å²) in [5, 5.41) is 0. The van der Waals surface area contributed by atoms with Crippen LogP contribution in [0.5, 0.6) is 0 Å². The Morgan fingerprint density at radius 3 is 2.85 bits per heavy atom. The Hall–Kier alpha value is -0.900. The minimum absolute atomic E-state index is 0.786. The number of nitrogen functional groups attached to an aromatic ring is 1. The topological polar surface area (TPSA) is 42.1 Å². The van der Waals surface area contributed by atoms with E-state index >= 15 is 0 Å². The van der Waals surface area contributed by atoms with E-state index in [9.17, 15) is 0 Å². The molecule has 0 atom stereocenters. The standard InChI is InChI=1S/C9H13N3S/c10-8-7-11-2-1-9(8)12-3-5-13-6-4-12/h1-2,7H,3-6,10H2. The van der Waals surface area contributed by atoms with Gasteiger partial charge in [0.15, 0.2) is 0 Å². The molecular formula is C9H13N3S. The molecule has 1 aliphatic heterocycles. The van der Waals surface area contributed by atoms with Crippen molar-refractivity contribution in [1.82, 2.24) is 4.98 Å². The van der Waals surface area contributed by atoms with Crippen molar-refractivity contribution in [3.05, 3.63) is 18.5 Å². The van der Waals surface area contributed by atoms with Crippen molar-refractivity contribution >= 4 is 23.1 Å². The van der Waals surface area contributed by atoms with Gasteiger partial charge in [0.2, 0.25) is 0 Å². The van der Waals surface area contributed by atoms with Crippen molar-refractivity contribution in [2.24, 2.45) is 0 Å². The largest absolute Gasteiger partial charge is 0.396 e. The molecule has 13 heavy (non-hydrogen) atoms. The van der Waals surface area contributed by atoms with Gasteiger partial charge in [0.05, 0.1) is 17.6 Å². The molecule has 2 N–H and O–H groups in total. The number of nitrogens with zero attached hydrogens (tertiary/aromatic N) is 2. The average molecular weight is 195 g/mol. The summed E-state index contributed by atoms with van der Waals surface area (Å²) in [5.74, 6) is 2.39. The molecule has 3 nitrogen and oxygen atoms in total. The number of thioether (sulfide) groups is 1. The van der Waals surface area contributed by atoms with Gasteiger partial charge in [-0.15, -0.1) is 0 Å². The summed E-state index contributed by atoms with van der Waals surface area (Å²) in [4.78, 5) is 6.31. The SMILES string of the molecule is Nc1cnccc1N1CCSCC1. The predicted octanol–water partition coefficient (Wildman–Crippen LogP) is 1.22. The average Bonchev–Trinajstić information content (AvgIpc) is 2.20. The summed E-state index contributed by atoms with van der Waals surface area (Å²) in [7, 11) is 0. The van der Waals surface area contributed by atoms with Crippen LogP contribution in [0.15, 0.2) is 18.5 Å². The molecule has 1 saturated heterocycles. The third-order valence-corrected chi connectivity index (χ3v) is 3.12. The molecule has 2 rings (SSSR count). The Balaban J connectivity index is 2.18. The molecule has 0 spiro atoms. The van der Waals surface area contributed by atoms with E-state index in [2.05, 4.69) is 9.88 Å². The number of nitrogens with two attached hydrogens (primary N) is 1. The summed E-state index contributed by atoms with van der Waals surface area (Å²) in [6, 6.07) is 1.99. The summed E-state index contributed by atoms with van der Waals surface area (Å²) in [6.45, 7) is 2.19. The second-order valence-corrected chi connectivity index (χ2v) is 4.26. The van der Waals surface area contributed by atoms with Crippen LogP contribution in [-0.2, 0) is 0 Å². The van der Waals surface area contributed by atoms with E-state index < -0.39 is 0 Å². The molecule has 1 aliphatic rings. The molecule has 1 aromatic heterocycles. The van der Waals surface area contributed by atoms with E-state index in [0.29, 0.717) is 0 Å². The Bertz CT molecular complexity index is 284. The first-order valence-electron chi connectivity index (χ1n) is 4.40. The van der Waals surface area contributed by atoms with Crippen LogP contribution in [0, 0.1) is 0 Å². The second kappa shape index (κ2) is 3.87. The Labute approximate surface area is 82.3 Å². The third-order valence-electron chi connectivity index (χ3n) is 2.18. The number of hydrogen-bond acceptors (Lipinski definition) is 4. The maximum atomic E-state index is 5.84. The summed E-state index contributed by atoms with van der Waals surface area (Å²) in [5.41, 5.74) is 7.76. The van der Waals surface area contributed by atoms with Crippen molar-refractivity contribution in [1.29, 1.82) is 0 Å². The first-order chi connectivity index (χ1) is 6.38. The van der Waals surface area contributed by atoms with Crippen LogP contribution in [0.25, 0.3) is 0 Å². The summed E-state index contributed by atoms with van der Waals surface area (Å²) < 4.78 is 0. The van der Waals surface area contributed by atoms with Crippen LogP contribution in [0.3, 0.4) is 0 Å². The van der Waals surface area contributed by atoms with E-state index in [4.69, 9.17) is 5.73 Å². The van der Waals surface area contributed by atoms with Gasteiger partial charge < -0.3 is 10.6 Å². The molecular weight excluding hydrogens is 182 g/mol. The molecule has 4 heteroatoms. The van der Waals surface area contributed by atoms with Gasteiger partial charge in [-0.25, -0.2) is 0 Å². The molecule has 0 unspecified atom stereocenters. The fourth-order valence-corrected chi connectivity index (χ4v) is 2.39. The number of aromatic nitrogens is 1. The molecule has 0 amide bonds. The number of hydrogen-bond donors (Lipinski definition) is 1. The lowest BCUT2D eigenvalue weighted by atomic mass is 10.3. The van der Waals surface area contributed by atoms with Gasteiger partial charge in [0, 0.05) is 30.8 Å². The van der Waals surface area contributed by atoms with E-state index in [1.54, 1.807) is 12.4 Å². The molecule has 0 radical (unpaired) electrons. The lowest BCUT2D eigenvalue weighted by molar-refractivity contribution is 0.859. The molecule has 2 heterocycles. The lowest BCUT2D eigenvalue weighted by Gasteiger charge is -2.29. The van der Waals surface area contributed by atoms with E-state index in [1.807, 2.05) is 17.8 Å². The normalized spacial score (nSPS) is 17.4. The maximum absolute atomic E-state index is 5.84. The molecule has 1 fully saturated rings. The zero-order valence-corrected chi connectivity index (χ0v) is 8.26. The van der Waals surface area contributed by atoms with Crippen LogP contribution >= 0.6 is 11.8 Å². The van der Waals surface area contributed by atoms with E-state index in [1.165, 1.54) is 11.5 Å². The van der Waals surface area contributed by atoms with Crippen LogP contribution in [0.1, 0.15) is 0 Å². The fraction of sp³-hybridized carbons (Fsp3) is 0.444. The molecule has 0 bridgehead atoms. The van der Waals surface area contributed by atoms with Crippen LogP contribution in [0.2, 0.25) is 0 Å². The quantitative estimate of drug-likeness (QED) is 0.731. The van der Waals surface area contributed by atoms with E-state index in [-0.39, 0.29) is 0 Å². The number of rotatable bonds is 1. The summed E-state index contributed by atoms with van der Waals surface area (Å²) >= 11 is 2.00. The van der Waals surface area contributed by atoms with Gasteiger partial charge in [-0.2, -0.15) is 11.8 Å². The van der Waals surface area contributed by atoms with Crippen LogP contribution in [-0.4, -0.2) is 29.6 Å². The number of anilines is 2. The highest BCUT2D eigenvalue weighted by Crippen LogP contribution is 2.23. The van der Waals surface area contributed by atoms with Gasteiger partial charge >= 0.3 is 0 Å². The summed E-state index contributed by atoms with van der Waals surface area (Å²) in [6.07, 6.45) is 3.52. The minimum Gasteiger partial charge on any atom is -0.396 e. The van der Waals surface area contributed by atoms with Crippen molar-refractivity contribution in [3.63, 3.8) is 0 Å². The first kappa shape index (κ1) is 8.69. The first-order valence-corrected chi connectivity index (χ1v) is 5.55. The monoisotopic (exact) mass is 195 g/mol. The van der Waals surface area contributed by atoms with Gasteiger partial charge in [0.1, 0.15) is 0 Å². The molecule has 0 aromatic carbocycles. The van der Waals surface area contributed by atoms with Crippen LogP contribution < -0.4 is 10.6 Å². The zero-order chi connectivity index (χ0) is 9.10.